The Hall–Kier alpha value is -2.04. The van der Waals surface area contributed by atoms with Gasteiger partial charge >= 0.3 is 12.1 Å². The van der Waals surface area contributed by atoms with Crippen LogP contribution in [0.15, 0.2) is 30.3 Å². The number of hydrogen-bond acceptors (Lipinski definition) is 3. The van der Waals surface area contributed by atoms with Crippen molar-refractivity contribution >= 4 is 12.1 Å². The zero-order valence-electron chi connectivity index (χ0n) is 14.6. The summed E-state index contributed by atoms with van der Waals surface area (Å²) in [5.41, 5.74) is -0.164. The van der Waals surface area contributed by atoms with E-state index >= 15 is 0 Å². The number of rotatable bonds is 7. The van der Waals surface area contributed by atoms with Crippen molar-refractivity contribution in [3.8, 4) is 0 Å². The monoisotopic (exact) mass is 321 g/mol. The van der Waals surface area contributed by atoms with Crippen LogP contribution in [0.5, 0.6) is 0 Å². The molecule has 5 heteroatoms. The molecule has 0 saturated heterocycles. The summed E-state index contributed by atoms with van der Waals surface area (Å²) in [4.78, 5) is 25.4. The standard InChI is InChI=1S/C18H27NO4/c1-6-13(2)15(18(3,4)16(20)21)19(5)17(22)23-12-14-10-8-7-9-11-14/h7-11,13,15H,6,12H2,1-5H3,(H,20,21)/t13?,15-/m0/s1. The number of carbonyl (C=O) groups is 2. The van der Waals surface area contributed by atoms with Gasteiger partial charge < -0.3 is 14.7 Å². The molecule has 0 bridgehead atoms. The van der Waals surface area contributed by atoms with Gasteiger partial charge in [0.25, 0.3) is 0 Å². The molecular weight excluding hydrogens is 294 g/mol. The lowest BCUT2D eigenvalue weighted by Gasteiger charge is -2.40. The van der Waals surface area contributed by atoms with Crippen LogP contribution in [-0.2, 0) is 16.1 Å². The van der Waals surface area contributed by atoms with E-state index in [4.69, 9.17) is 4.74 Å². The molecular formula is C18H27NO4. The van der Waals surface area contributed by atoms with Crippen molar-refractivity contribution in [2.24, 2.45) is 11.3 Å². The summed E-state index contributed by atoms with van der Waals surface area (Å²) >= 11 is 0. The minimum atomic E-state index is -1.06. The second-order valence-electron chi connectivity index (χ2n) is 6.51. The third-order valence-corrected chi connectivity index (χ3v) is 4.38. The fourth-order valence-corrected chi connectivity index (χ4v) is 2.86. The number of carboxylic acid groups (broad SMARTS) is 1. The van der Waals surface area contributed by atoms with Crippen molar-refractivity contribution in [2.75, 3.05) is 7.05 Å². The molecule has 5 nitrogen and oxygen atoms in total. The lowest BCUT2D eigenvalue weighted by atomic mass is 9.76. The van der Waals surface area contributed by atoms with Gasteiger partial charge in [0, 0.05) is 7.05 Å². The molecule has 0 aliphatic carbocycles. The molecule has 0 fully saturated rings. The first-order valence-electron chi connectivity index (χ1n) is 7.88. The number of carboxylic acids is 1. The molecule has 0 saturated carbocycles. The van der Waals surface area contributed by atoms with E-state index in [1.165, 1.54) is 4.90 Å². The van der Waals surface area contributed by atoms with Crippen molar-refractivity contribution < 1.29 is 19.4 Å². The lowest BCUT2D eigenvalue weighted by molar-refractivity contribution is -0.151. The van der Waals surface area contributed by atoms with Crippen LogP contribution >= 0.6 is 0 Å². The fourth-order valence-electron chi connectivity index (χ4n) is 2.86. The van der Waals surface area contributed by atoms with Gasteiger partial charge in [-0.15, -0.1) is 0 Å². The van der Waals surface area contributed by atoms with E-state index in [-0.39, 0.29) is 12.5 Å². The van der Waals surface area contributed by atoms with E-state index in [2.05, 4.69) is 0 Å². The Bertz CT molecular complexity index is 527. The third kappa shape index (κ3) is 4.71. The smallest absolute Gasteiger partial charge is 0.410 e. The summed E-state index contributed by atoms with van der Waals surface area (Å²) in [6, 6.07) is 8.95. The molecule has 1 aromatic carbocycles. The summed E-state index contributed by atoms with van der Waals surface area (Å²) in [7, 11) is 1.61. The first kappa shape index (κ1) is 19.0. The van der Waals surface area contributed by atoms with Gasteiger partial charge in [-0.05, 0) is 25.3 Å². The Labute approximate surface area is 138 Å². The van der Waals surface area contributed by atoms with Crippen LogP contribution < -0.4 is 0 Å². The first-order chi connectivity index (χ1) is 10.7. The van der Waals surface area contributed by atoms with Crippen molar-refractivity contribution in [3.63, 3.8) is 0 Å². The molecule has 0 spiro atoms. The Kier molecular flexibility index (Phi) is 6.61. The van der Waals surface area contributed by atoms with E-state index < -0.39 is 23.5 Å². The maximum absolute atomic E-state index is 12.4. The molecule has 0 heterocycles. The number of nitrogens with zero attached hydrogens (tertiary/aromatic N) is 1. The SMILES string of the molecule is CCC(C)[C@H](N(C)C(=O)OCc1ccccc1)C(C)(C)C(=O)O. The van der Waals surface area contributed by atoms with E-state index in [1.807, 2.05) is 44.2 Å². The number of carbonyl (C=O) groups excluding carboxylic acids is 1. The van der Waals surface area contributed by atoms with Crippen molar-refractivity contribution in [1.29, 1.82) is 0 Å². The summed E-state index contributed by atoms with van der Waals surface area (Å²) in [6.45, 7) is 7.40. The molecule has 1 rings (SSSR count). The van der Waals surface area contributed by atoms with Crippen LogP contribution in [-0.4, -0.2) is 35.2 Å². The zero-order valence-corrected chi connectivity index (χ0v) is 14.6. The predicted octanol–water partition coefficient (Wildman–Crippen LogP) is 3.78. The number of amides is 1. The van der Waals surface area contributed by atoms with Gasteiger partial charge in [0.1, 0.15) is 6.61 Å². The Morgan fingerprint density at radius 3 is 2.30 bits per heavy atom. The molecule has 0 aliphatic heterocycles. The summed E-state index contributed by atoms with van der Waals surface area (Å²) in [5.74, 6) is -0.888. The van der Waals surface area contributed by atoms with Crippen LogP contribution in [0.4, 0.5) is 4.79 Å². The van der Waals surface area contributed by atoms with Gasteiger partial charge in [-0.25, -0.2) is 4.79 Å². The number of benzene rings is 1. The van der Waals surface area contributed by atoms with E-state index in [0.717, 1.165) is 12.0 Å². The van der Waals surface area contributed by atoms with Crippen LogP contribution in [0.1, 0.15) is 39.7 Å². The fraction of sp³-hybridized carbons (Fsp3) is 0.556. The van der Waals surface area contributed by atoms with E-state index in [9.17, 15) is 14.7 Å². The molecule has 128 valence electrons. The van der Waals surface area contributed by atoms with Crippen molar-refractivity contribution in [2.45, 2.75) is 46.8 Å². The lowest BCUT2D eigenvalue weighted by Crippen LogP contribution is -2.53. The van der Waals surface area contributed by atoms with Gasteiger partial charge in [-0.2, -0.15) is 0 Å². The molecule has 1 N–H and O–H groups in total. The minimum Gasteiger partial charge on any atom is -0.481 e. The van der Waals surface area contributed by atoms with Gasteiger partial charge in [-0.1, -0.05) is 50.6 Å². The average Bonchev–Trinajstić information content (AvgIpc) is 2.52. The van der Waals surface area contributed by atoms with Crippen LogP contribution in [0.3, 0.4) is 0 Å². The van der Waals surface area contributed by atoms with Crippen molar-refractivity contribution in [1.82, 2.24) is 4.90 Å². The highest BCUT2D eigenvalue weighted by Crippen LogP contribution is 2.32. The maximum atomic E-state index is 12.4. The molecule has 1 amide bonds. The number of aliphatic carboxylic acids is 1. The Morgan fingerprint density at radius 2 is 1.83 bits per heavy atom. The van der Waals surface area contributed by atoms with E-state index in [1.54, 1.807) is 20.9 Å². The largest absolute Gasteiger partial charge is 0.481 e. The molecule has 0 aliphatic rings. The Balaban J connectivity index is 2.85. The normalized spacial score (nSPS) is 14.0. The van der Waals surface area contributed by atoms with Crippen molar-refractivity contribution in [3.05, 3.63) is 35.9 Å². The van der Waals surface area contributed by atoms with E-state index in [0.29, 0.717) is 0 Å². The number of ether oxygens (including phenoxy) is 1. The number of hydrogen-bond donors (Lipinski definition) is 1. The maximum Gasteiger partial charge on any atom is 0.410 e. The average molecular weight is 321 g/mol. The summed E-state index contributed by atoms with van der Waals surface area (Å²) in [6.07, 6.45) is 0.269. The third-order valence-electron chi connectivity index (χ3n) is 4.38. The summed E-state index contributed by atoms with van der Waals surface area (Å²) in [5, 5.41) is 9.52. The molecule has 0 aromatic heterocycles. The second-order valence-corrected chi connectivity index (χ2v) is 6.51. The highest BCUT2D eigenvalue weighted by atomic mass is 16.6. The van der Waals surface area contributed by atoms with Gasteiger partial charge in [-0.3, -0.25) is 4.79 Å². The highest BCUT2D eigenvalue weighted by Gasteiger charge is 2.43. The molecule has 23 heavy (non-hydrogen) atoms. The van der Waals surface area contributed by atoms with Gasteiger partial charge in [0.15, 0.2) is 0 Å². The van der Waals surface area contributed by atoms with Gasteiger partial charge in [0.2, 0.25) is 0 Å². The topological polar surface area (TPSA) is 66.8 Å². The minimum absolute atomic E-state index is 0.0374. The van der Waals surface area contributed by atoms with Gasteiger partial charge in [0.05, 0.1) is 11.5 Å². The zero-order chi connectivity index (χ0) is 17.6. The predicted molar refractivity (Wildman–Crippen MR) is 89.0 cm³/mol. The van der Waals surface area contributed by atoms with Crippen LogP contribution in [0, 0.1) is 11.3 Å². The molecule has 2 atom stereocenters. The van der Waals surface area contributed by atoms with Crippen LogP contribution in [0.25, 0.3) is 0 Å². The van der Waals surface area contributed by atoms with Crippen LogP contribution in [0.2, 0.25) is 0 Å². The molecule has 1 unspecified atom stereocenters. The summed E-state index contributed by atoms with van der Waals surface area (Å²) < 4.78 is 5.33. The highest BCUT2D eigenvalue weighted by molar-refractivity contribution is 5.76. The Morgan fingerprint density at radius 1 is 1.26 bits per heavy atom. The first-order valence-corrected chi connectivity index (χ1v) is 7.88. The quantitative estimate of drug-likeness (QED) is 0.830. The second kappa shape index (κ2) is 7.99. The molecule has 1 aromatic rings. The molecule has 0 radical (unpaired) electrons.